The van der Waals surface area contributed by atoms with Crippen LogP contribution in [-0.4, -0.2) is 57.8 Å². The molecule has 9 heteroatoms. The average Bonchev–Trinajstić information content (AvgIpc) is 3.10. The Morgan fingerprint density at radius 3 is 2.22 bits per heavy atom. The second-order valence-corrected chi connectivity index (χ2v) is 7.82. The number of hydrogen-bond acceptors (Lipinski definition) is 4. The highest BCUT2D eigenvalue weighted by molar-refractivity contribution is 5.90. The molecule has 0 radical (unpaired) electrons. The van der Waals surface area contributed by atoms with Gasteiger partial charge in [0.05, 0.1) is 11.9 Å². The van der Waals surface area contributed by atoms with Gasteiger partial charge in [0.25, 0.3) is 0 Å². The molecule has 0 saturated carbocycles. The second-order valence-electron chi connectivity index (χ2n) is 7.82. The van der Waals surface area contributed by atoms with E-state index in [2.05, 4.69) is 4.90 Å². The molecule has 168 valence electrons. The topological polar surface area (TPSA) is 86.0 Å². The number of hydrogen-bond donors (Lipinski definition) is 2. The number of fused-ring (bicyclic) bond motifs is 1. The van der Waals surface area contributed by atoms with E-state index in [4.69, 9.17) is 5.11 Å². The van der Waals surface area contributed by atoms with Crippen molar-refractivity contribution in [1.29, 1.82) is 0 Å². The number of aryl methyl sites for hydroxylation is 1. The highest BCUT2D eigenvalue weighted by atomic mass is 19.1. The summed E-state index contributed by atoms with van der Waals surface area (Å²) in [5, 5.41) is 19.7. The zero-order valence-corrected chi connectivity index (χ0v) is 17.2. The number of halogens is 2. The van der Waals surface area contributed by atoms with Crippen molar-refractivity contribution in [2.75, 3.05) is 31.1 Å². The zero-order valence-electron chi connectivity index (χ0n) is 17.2. The van der Waals surface area contributed by atoms with E-state index in [-0.39, 0.29) is 18.8 Å². The number of aromatic nitrogens is 1. The van der Waals surface area contributed by atoms with Gasteiger partial charge in [0.2, 0.25) is 0 Å². The molecule has 1 aromatic heterocycles. The maximum Gasteiger partial charge on any atom is 0.325 e. The minimum absolute atomic E-state index is 0.111. The van der Waals surface area contributed by atoms with Gasteiger partial charge in [-0.25, -0.2) is 8.78 Å². The standard InChI is InChI=1S/C23H23F2N3O4/c24-15-1-4-17(5-2-15)26-9-11-27(12-10-26)22(23(31)32)19-14-28(8-7-21(29)30)20-13-16(25)3-6-18(19)20/h1-6,13-14,22H,7-12H2,(H,29,30)(H,31,32). The molecule has 4 rings (SSSR count). The summed E-state index contributed by atoms with van der Waals surface area (Å²) in [6, 6.07) is 9.35. The van der Waals surface area contributed by atoms with Crippen molar-refractivity contribution in [1.82, 2.24) is 9.47 Å². The largest absolute Gasteiger partial charge is 0.481 e. The van der Waals surface area contributed by atoms with Crippen LogP contribution >= 0.6 is 0 Å². The minimum atomic E-state index is -1.03. The quantitative estimate of drug-likeness (QED) is 0.583. The summed E-state index contributed by atoms with van der Waals surface area (Å²) in [4.78, 5) is 27.2. The molecule has 0 spiro atoms. The first kappa shape index (κ1) is 21.8. The fourth-order valence-electron chi connectivity index (χ4n) is 4.29. The van der Waals surface area contributed by atoms with E-state index in [0.29, 0.717) is 42.6 Å². The summed E-state index contributed by atoms with van der Waals surface area (Å²) in [5.41, 5.74) is 1.85. The molecule has 0 aliphatic carbocycles. The van der Waals surface area contributed by atoms with Gasteiger partial charge in [-0.05, 0) is 42.5 Å². The molecular formula is C23H23F2N3O4. The van der Waals surface area contributed by atoms with Gasteiger partial charge in [0, 0.05) is 55.6 Å². The number of benzene rings is 2. The van der Waals surface area contributed by atoms with Crippen LogP contribution in [-0.2, 0) is 16.1 Å². The summed E-state index contributed by atoms with van der Waals surface area (Å²) < 4.78 is 28.7. The number of carbonyl (C=O) groups is 2. The van der Waals surface area contributed by atoms with E-state index in [9.17, 15) is 23.5 Å². The first-order valence-corrected chi connectivity index (χ1v) is 10.3. The predicted molar refractivity (Wildman–Crippen MR) is 115 cm³/mol. The highest BCUT2D eigenvalue weighted by Crippen LogP contribution is 2.32. The Labute approximate surface area is 183 Å². The first-order valence-electron chi connectivity index (χ1n) is 10.3. The van der Waals surface area contributed by atoms with Gasteiger partial charge in [-0.1, -0.05) is 0 Å². The van der Waals surface area contributed by atoms with Crippen LogP contribution in [0.15, 0.2) is 48.7 Å². The summed E-state index contributed by atoms with van der Waals surface area (Å²) in [5.74, 6) is -2.80. The van der Waals surface area contributed by atoms with Gasteiger partial charge in [-0.15, -0.1) is 0 Å². The van der Waals surface area contributed by atoms with Crippen molar-refractivity contribution in [3.8, 4) is 0 Å². The molecule has 1 atom stereocenters. The van der Waals surface area contributed by atoms with Gasteiger partial charge in [0.1, 0.15) is 17.7 Å². The molecule has 1 aliphatic rings. The van der Waals surface area contributed by atoms with Crippen LogP contribution in [0.4, 0.5) is 14.5 Å². The van der Waals surface area contributed by atoms with Gasteiger partial charge in [-0.3, -0.25) is 14.5 Å². The van der Waals surface area contributed by atoms with Crippen molar-refractivity contribution >= 4 is 28.5 Å². The van der Waals surface area contributed by atoms with Crippen molar-refractivity contribution in [3.05, 3.63) is 65.9 Å². The SMILES string of the molecule is O=C(O)CCn1cc(C(C(=O)O)N2CCN(c3ccc(F)cc3)CC2)c2ccc(F)cc21. The van der Waals surface area contributed by atoms with Gasteiger partial charge in [0.15, 0.2) is 0 Å². The lowest BCUT2D eigenvalue weighted by Crippen LogP contribution is -2.49. The van der Waals surface area contributed by atoms with E-state index < -0.39 is 23.8 Å². The van der Waals surface area contributed by atoms with E-state index >= 15 is 0 Å². The highest BCUT2D eigenvalue weighted by Gasteiger charge is 2.33. The predicted octanol–water partition coefficient (Wildman–Crippen LogP) is 3.34. The van der Waals surface area contributed by atoms with Crippen molar-refractivity contribution in [3.63, 3.8) is 0 Å². The van der Waals surface area contributed by atoms with Crippen LogP contribution in [0.1, 0.15) is 18.0 Å². The number of anilines is 1. The van der Waals surface area contributed by atoms with Crippen LogP contribution in [0.3, 0.4) is 0 Å². The fourth-order valence-corrected chi connectivity index (χ4v) is 4.29. The van der Waals surface area contributed by atoms with Crippen LogP contribution in [0.25, 0.3) is 10.9 Å². The second kappa shape index (κ2) is 8.96. The van der Waals surface area contributed by atoms with Gasteiger partial charge >= 0.3 is 11.9 Å². The summed E-state index contributed by atoms with van der Waals surface area (Å²) in [6.45, 7) is 2.19. The number of carboxylic acid groups (broad SMARTS) is 2. The Morgan fingerprint density at radius 2 is 1.59 bits per heavy atom. The van der Waals surface area contributed by atoms with E-state index in [1.165, 1.54) is 24.3 Å². The van der Waals surface area contributed by atoms with E-state index in [1.54, 1.807) is 29.0 Å². The van der Waals surface area contributed by atoms with Crippen LogP contribution in [0.5, 0.6) is 0 Å². The Kier molecular flexibility index (Phi) is 6.09. The maximum atomic E-state index is 13.9. The van der Waals surface area contributed by atoms with E-state index in [1.807, 2.05) is 4.90 Å². The molecule has 1 aliphatic heterocycles. The monoisotopic (exact) mass is 443 g/mol. The molecule has 0 amide bonds. The molecule has 2 heterocycles. The Bertz CT molecular complexity index is 1140. The number of nitrogens with zero attached hydrogens (tertiary/aromatic N) is 3. The van der Waals surface area contributed by atoms with Crippen LogP contribution in [0.2, 0.25) is 0 Å². The molecule has 2 aromatic carbocycles. The number of piperazine rings is 1. The van der Waals surface area contributed by atoms with Gasteiger partial charge < -0.3 is 19.7 Å². The lowest BCUT2D eigenvalue weighted by atomic mass is 10.0. The summed E-state index contributed by atoms with van der Waals surface area (Å²) >= 11 is 0. The Hall–Kier alpha value is -3.46. The first-order chi connectivity index (χ1) is 15.3. The maximum absolute atomic E-state index is 13.9. The van der Waals surface area contributed by atoms with Gasteiger partial charge in [-0.2, -0.15) is 0 Å². The third-order valence-electron chi connectivity index (χ3n) is 5.84. The molecule has 7 nitrogen and oxygen atoms in total. The molecule has 2 N–H and O–H groups in total. The smallest absolute Gasteiger partial charge is 0.325 e. The Balaban J connectivity index is 1.61. The normalized spacial score (nSPS) is 15.8. The molecule has 1 saturated heterocycles. The number of aliphatic carboxylic acids is 2. The fraction of sp³-hybridized carbons (Fsp3) is 0.304. The number of carboxylic acids is 2. The van der Waals surface area contributed by atoms with E-state index in [0.717, 1.165) is 5.69 Å². The third-order valence-corrected chi connectivity index (χ3v) is 5.84. The molecule has 1 fully saturated rings. The molecule has 1 unspecified atom stereocenters. The zero-order chi connectivity index (χ0) is 22.8. The van der Waals surface area contributed by atoms with Crippen molar-refractivity contribution in [2.45, 2.75) is 19.0 Å². The minimum Gasteiger partial charge on any atom is -0.481 e. The third kappa shape index (κ3) is 4.43. The van der Waals surface area contributed by atoms with Crippen molar-refractivity contribution < 1.29 is 28.6 Å². The molecule has 0 bridgehead atoms. The average molecular weight is 443 g/mol. The summed E-state index contributed by atoms with van der Waals surface area (Å²) in [6.07, 6.45) is 1.46. The molecule has 3 aromatic rings. The lowest BCUT2D eigenvalue weighted by molar-refractivity contribution is -0.143. The lowest BCUT2D eigenvalue weighted by Gasteiger charge is -2.38. The van der Waals surface area contributed by atoms with Crippen LogP contribution < -0.4 is 4.90 Å². The Morgan fingerprint density at radius 1 is 0.938 bits per heavy atom. The molecular weight excluding hydrogens is 420 g/mol. The summed E-state index contributed by atoms with van der Waals surface area (Å²) in [7, 11) is 0. The number of rotatable bonds is 7. The molecule has 32 heavy (non-hydrogen) atoms. The van der Waals surface area contributed by atoms with Crippen molar-refractivity contribution in [2.24, 2.45) is 0 Å². The van der Waals surface area contributed by atoms with Crippen LogP contribution in [0, 0.1) is 11.6 Å².